The van der Waals surface area contributed by atoms with Crippen LogP contribution in [0.25, 0.3) is 16.8 Å². The Kier molecular flexibility index (Phi) is 11.4. The van der Waals surface area contributed by atoms with Crippen LogP contribution in [0.15, 0.2) is 133 Å². The summed E-state index contributed by atoms with van der Waals surface area (Å²) in [6.45, 7) is 11.7. The molecule has 0 bridgehead atoms. The number of allylic oxidation sites excluding steroid dienone is 5. The minimum atomic E-state index is 0.373. The van der Waals surface area contributed by atoms with Crippen molar-refractivity contribution in [2.75, 3.05) is 0 Å². The van der Waals surface area contributed by atoms with Crippen molar-refractivity contribution in [3.05, 3.63) is 155 Å². The minimum absolute atomic E-state index is 0.373. The molecule has 0 spiro atoms. The molecule has 4 aromatic rings. The Morgan fingerprint density at radius 3 is 2.29 bits per heavy atom. The molecule has 232 valence electrons. The molecule has 1 saturated carbocycles. The zero-order chi connectivity index (χ0) is 31.6. The first-order valence-corrected chi connectivity index (χ1v) is 17.3. The average molecular weight is 594 g/mol. The number of pyridine rings is 1. The van der Waals surface area contributed by atoms with Crippen molar-refractivity contribution in [2.45, 2.75) is 78.6 Å². The Hall–Kier alpha value is -3.97. The second kappa shape index (κ2) is 15.8. The van der Waals surface area contributed by atoms with Crippen molar-refractivity contribution >= 4 is 5.57 Å². The topological polar surface area (TPSA) is 12.9 Å². The molecule has 1 aromatic heterocycles. The van der Waals surface area contributed by atoms with Gasteiger partial charge in [0.15, 0.2) is 0 Å². The van der Waals surface area contributed by atoms with Crippen molar-refractivity contribution in [2.24, 2.45) is 17.8 Å². The molecule has 45 heavy (non-hydrogen) atoms. The quantitative estimate of drug-likeness (QED) is 0.124. The van der Waals surface area contributed by atoms with E-state index >= 15 is 0 Å². The molecule has 5 unspecified atom stereocenters. The molecule has 5 atom stereocenters. The van der Waals surface area contributed by atoms with E-state index in [-0.39, 0.29) is 0 Å². The summed E-state index contributed by atoms with van der Waals surface area (Å²) in [6, 6.07) is 35.5. The van der Waals surface area contributed by atoms with Gasteiger partial charge in [0, 0.05) is 11.8 Å². The molecule has 1 heteroatoms. The highest BCUT2D eigenvalue weighted by atomic mass is 14.7. The van der Waals surface area contributed by atoms with Gasteiger partial charge >= 0.3 is 0 Å². The number of hydrogen-bond donors (Lipinski definition) is 0. The van der Waals surface area contributed by atoms with E-state index in [1.807, 2.05) is 6.20 Å². The fraction of sp³-hybridized carbons (Fsp3) is 0.341. The van der Waals surface area contributed by atoms with E-state index in [1.54, 1.807) is 0 Å². The molecule has 1 heterocycles. The van der Waals surface area contributed by atoms with Gasteiger partial charge in [-0.25, -0.2) is 0 Å². The molecule has 3 aromatic carbocycles. The van der Waals surface area contributed by atoms with E-state index in [9.17, 15) is 0 Å². The van der Waals surface area contributed by atoms with Crippen molar-refractivity contribution in [1.82, 2.24) is 4.98 Å². The molecule has 1 nitrogen and oxygen atoms in total. The molecule has 1 aliphatic rings. The van der Waals surface area contributed by atoms with Crippen LogP contribution in [0, 0.1) is 17.8 Å². The second-order valence-corrected chi connectivity index (χ2v) is 12.8. The predicted octanol–water partition coefficient (Wildman–Crippen LogP) is 12.4. The fourth-order valence-corrected chi connectivity index (χ4v) is 7.92. The Bertz CT molecular complexity index is 1590. The highest BCUT2D eigenvalue weighted by Gasteiger charge is 2.38. The van der Waals surface area contributed by atoms with Gasteiger partial charge in [-0.05, 0) is 102 Å². The molecule has 0 saturated heterocycles. The van der Waals surface area contributed by atoms with Crippen LogP contribution in [0.1, 0.15) is 101 Å². The van der Waals surface area contributed by atoms with Crippen LogP contribution in [0.3, 0.4) is 0 Å². The fourth-order valence-electron chi connectivity index (χ4n) is 7.92. The Morgan fingerprint density at radius 1 is 0.867 bits per heavy atom. The van der Waals surface area contributed by atoms with E-state index in [2.05, 4.69) is 156 Å². The molecule has 0 N–H and O–H groups in total. The number of nitrogens with zero attached hydrogens (tertiary/aromatic N) is 1. The van der Waals surface area contributed by atoms with Gasteiger partial charge in [0.1, 0.15) is 0 Å². The number of aromatic nitrogens is 1. The molecule has 0 amide bonds. The summed E-state index contributed by atoms with van der Waals surface area (Å²) in [5.74, 6) is 2.44. The first-order chi connectivity index (χ1) is 22.1. The third-order valence-corrected chi connectivity index (χ3v) is 10.2. The summed E-state index contributed by atoms with van der Waals surface area (Å²) in [5, 5.41) is 0. The summed E-state index contributed by atoms with van der Waals surface area (Å²) >= 11 is 0. The largest absolute Gasteiger partial charge is 0.256 e. The summed E-state index contributed by atoms with van der Waals surface area (Å²) in [5.41, 5.74) is 10.7. The zero-order valence-electron chi connectivity index (χ0n) is 28.0. The van der Waals surface area contributed by atoms with Gasteiger partial charge in [-0.2, -0.15) is 0 Å². The van der Waals surface area contributed by atoms with Crippen LogP contribution in [-0.4, -0.2) is 4.98 Å². The Labute approximate surface area is 272 Å². The monoisotopic (exact) mass is 593 g/mol. The zero-order valence-corrected chi connectivity index (χ0v) is 28.0. The lowest BCUT2D eigenvalue weighted by Crippen LogP contribution is -2.32. The lowest BCUT2D eigenvalue weighted by molar-refractivity contribution is 0.160. The lowest BCUT2D eigenvalue weighted by atomic mass is 9.62. The van der Waals surface area contributed by atoms with E-state index < -0.39 is 0 Å². The number of benzene rings is 3. The van der Waals surface area contributed by atoms with Gasteiger partial charge in [-0.1, -0.05) is 149 Å². The SMILES string of the molecule is C/C=C\C(C(C)c1ccccc1/C(=C(/C=C\CC)CC)c1ccccc1)C1CCCC(c2cccnc2-c2ccccc2)C1C. The van der Waals surface area contributed by atoms with E-state index in [1.165, 1.54) is 58.2 Å². The van der Waals surface area contributed by atoms with Gasteiger partial charge in [-0.15, -0.1) is 0 Å². The summed E-state index contributed by atoms with van der Waals surface area (Å²) in [7, 11) is 0. The maximum Gasteiger partial charge on any atom is 0.0736 e. The molecule has 1 aliphatic carbocycles. The summed E-state index contributed by atoms with van der Waals surface area (Å²) < 4.78 is 0. The van der Waals surface area contributed by atoms with Gasteiger partial charge in [0.05, 0.1) is 5.69 Å². The molecule has 0 radical (unpaired) electrons. The predicted molar refractivity (Wildman–Crippen MR) is 194 cm³/mol. The minimum Gasteiger partial charge on any atom is -0.256 e. The number of hydrogen-bond acceptors (Lipinski definition) is 1. The standard InChI is InChI=1S/C44H51N/c1-6-9-21-34(8-3)43(35-22-12-10-13-23-35)41-27-17-16-26-39(41)32(4)37(20-7-2)38-28-18-29-40(33(38)5)42-30-19-31-45-44(42)36-24-14-11-15-25-36/h7,9-17,19-27,30-33,37-38,40H,6,8,18,28-29H2,1-5H3/b20-7-,21-9-,43-34+. The first kappa shape index (κ1) is 32.4. The molecule has 1 fully saturated rings. The highest BCUT2D eigenvalue weighted by Crippen LogP contribution is 2.50. The normalized spacial score (nSPS) is 20.7. The maximum atomic E-state index is 4.93. The van der Waals surface area contributed by atoms with Gasteiger partial charge < -0.3 is 0 Å². The third kappa shape index (κ3) is 7.30. The summed E-state index contributed by atoms with van der Waals surface area (Å²) in [4.78, 5) is 4.93. The van der Waals surface area contributed by atoms with Crippen molar-refractivity contribution in [1.29, 1.82) is 0 Å². The van der Waals surface area contributed by atoms with E-state index in [4.69, 9.17) is 4.98 Å². The van der Waals surface area contributed by atoms with Crippen molar-refractivity contribution in [3.8, 4) is 11.3 Å². The van der Waals surface area contributed by atoms with Crippen LogP contribution in [0.2, 0.25) is 0 Å². The van der Waals surface area contributed by atoms with Crippen LogP contribution < -0.4 is 0 Å². The smallest absolute Gasteiger partial charge is 0.0736 e. The maximum absolute atomic E-state index is 4.93. The molecular formula is C44H51N. The third-order valence-electron chi connectivity index (χ3n) is 10.2. The van der Waals surface area contributed by atoms with Crippen LogP contribution in [0.4, 0.5) is 0 Å². The number of rotatable bonds is 11. The van der Waals surface area contributed by atoms with Gasteiger partial charge in [0.2, 0.25) is 0 Å². The second-order valence-electron chi connectivity index (χ2n) is 12.8. The molecular weight excluding hydrogens is 542 g/mol. The van der Waals surface area contributed by atoms with Crippen molar-refractivity contribution in [3.63, 3.8) is 0 Å². The first-order valence-electron chi connectivity index (χ1n) is 17.3. The highest BCUT2D eigenvalue weighted by molar-refractivity contribution is 5.85. The Balaban J connectivity index is 1.56. The van der Waals surface area contributed by atoms with Crippen LogP contribution >= 0.6 is 0 Å². The van der Waals surface area contributed by atoms with Gasteiger partial charge in [-0.3, -0.25) is 4.98 Å². The van der Waals surface area contributed by atoms with Crippen LogP contribution in [0.5, 0.6) is 0 Å². The Morgan fingerprint density at radius 2 is 1.58 bits per heavy atom. The van der Waals surface area contributed by atoms with E-state index in [0.717, 1.165) is 18.5 Å². The summed E-state index contributed by atoms with van der Waals surface area (Å²) in [6.07, 6.45) is 17.2. The molecule has 0 aliphatic heterocycles. The van der Waals surface area contributed by atoms with Crippen molar-refractivity contribution < 1.29 is 0 Å². The van der Waals surface area contributed by atoms with E-state index in [0.29, 0.717) is 29.6 Å². The molecule has 5 rings (SSSR count). The average Bonchev–Trinajstić information content (AvgIpc) is 3.10. The lowest BCUT2D eigenvalue weighted by Gasteiger charge is -2.42. The van der Waals surface area contributed by atoms with Crippen LogP contribution in [-0.2, 0) is 0 Å². The van der Waals surface area contributed by atoms with Gasteiger partial charge in [0.25, 0.3) is 0 Å².